The van der Waals surface area contributed by atoms with Gasteiger partial charge in [-0.2, -0.15) is 0 Å². The average Bonchev–Trinajstić information content (AvgIpc) is 2.84. The predicted octanol–water partition coefficient (Wildman–Crippen LogP) is 2.60. The molecule has 0 unspecified atom stereocenters. The third-order valence-corrected chi connectivity index (χ3v) is 6.89. The summed E-state index contributed by atoms with van der Waals surface area (Å²) in [6, 6.07) is 0. The molecule has 5 rings (SSSR count). The van der Waals surface area contributed by atoms with Crippen molar-refractivity contribution in [3.8, 4) is 0 Å². The SMILES string of the molecule is C[C@H]1[C@H](OC(=O)CCC(=O)O)O[C@H]2O[C@]3(C)CC[C@H]4[C@H](C)CC[C@@H]1[C@@]24OO3. The zero-order chi connectivity index (χ0) is 19.4. The van der Waals surface area contributed by atoms with Crippen LogP contribution in [-0.4, -0.2) is 41.0 Å². The van der Waals surface area contributed by atoms with E-state index in [9.17, 15) is 9.59 Å². The zero-order valence-electron chi connectivity index (χ0n) is 16.0. The number of hydrogen-bond acceptors (Lipinski definition) is 7. The quantitative estimate of drug-likeness (QED) is 0.583. The lowest BCUT2D eigenvalue weighted by atomic mass is 9.58. The van der Waals surface area contributed by atoms with Gasteiger partial charge in [0.15, 0.2) is 11.9 Å². The van der Waals surface area contributed by atoms with Crippen molar-refractivity contribution in [1.29, 1.82) is 0 Å². The number of fused-ring (bicyclic) bond motifs is 2. The molecule has 4 saturated heterocycles. The second-order valence-electron chi connectivity index (χ2n) is 8.66. The first kappa shape index (κ1) is 19.1. The third kappa shape index (κ3) is 3.06. The summed E-state index contributed by atoms with van der Waals surface area (Å²) in [5.41, 5.74) is -0.697. The van der Waals surface area contributed by atoms with Gasteiger partial charge in [0.2, 0.25) is 12.1 Å². The molecular formula is C19H28O8. The predicted molar refractivity (Wildman–Crippen MR) is 89.8 cm³/mol. The molecule has 2 bridgehead atoms. The maximum absolute atomic E-state index is 12.1. The Labute approximate surface area is 158 Å². The Morgan fingerprint density at radius 2 is 1.89 bits per heavy atom. The molecule has 0 amide bonds. The Balaban J connectivity index is 1.58. The van der Waals surface area contributed by atoms with Crippen molar-refractivity contribution in [2.24, 2.45) is 23.7 Å². The fourth-order valence-electron chi connectivity index (χ4n) is 5.40. The van der Waals surface area contributed by atoms with Crippen molar-refractivity contribution in [3.63, 3.8) is 0 Å². The molecule has 0 aromatic carbocycles. The van der Waals surface area contributed by atoms with Crippen LogP contribution < -0.4 is 0 Å². The van der Waals surface area contributed by atoms with Gasteiger partial charge < -0.3 is 19.3 Å². The molecule has 8 nitrogen and oxygen atoms in total. The Hall–Kier alpha value is -1.22. The van der Waals surface area contributed by atoms with E-state index in [1.165, 1.54) is 0 Å². The first-order valence-electron chi connectivity index (χ1n) is 9.86. The molecule has 27 heavy (non-hydrogen) atoms. The van der Waals surface area contributed by atoms with Crippen LogP contribution in [0.3, 0.4) is 0 Å². The number of aliphatic carboxylic acids is 1. The van der Waals surface area contributed by atoms with Crippen LogP contribution in [0.4, 0.5) is 0 Å². The molecule has 152 valence electrons. The van der Waals surface area contributed by atoms with Gasteiger partial charge in [-0.15, -0.1) is 0 Å². The Bertz CT molecular complexity index is 623. The zero-order valence-corrected chi connectivity index (χ0v) is 16.0. The molecule has 1 aliphatic carbocycles. The number of carboxylic acid groups (broad SMARTS) is 1. The van der Waals surface area contributed by atoms with Crippen molar-refractivity contribution in [2.45, 2.75) is 83.3 Å². The van der Waals surface area contributed by atoms with Crippen molar-refractivity contribution in [3.05, 3.63) is 0 Å². The molecule has 0 aromatic heterocycles. The van der Waals surface area contributed by atoms with Gasteiger partial charge in [0.05, 0.1) is 12.8 Å². The number of carbonyl (C=O) groups is 2. The molecular weight excluding hydrogens is 356 g/mol. The van der Waals surface area contributed by atoms with Crippen LogP contribution in [0.1, 0.15) is 59.3 Å². The van der Waals surface area contributed by atoms with Crippen LogP contribution in [0.25, 0.3) is 0 Å². The Morgan fingerprint density at radius 3 is 2.63 bits per heavy atom. The minimum absolute atomic E-state index is 0.0670. The maximum atomic E-state index is 12.1. The highest BCUT2D eigenvalue weighted by Gasteiger charge is 2.69. The van der Waals surface area contributed by atoms with E-state index >= 15 is 0 Å². The van der Waals surface area contributed by atoms with Crippen LogP contribution in [0, 0.1) is 23.7 Å². The summed E-state index contributed by atoms with van der Waals surface area (Å²) in [5.74, 6) is -1.82. The molecule has 0 aromatic rings. The van der Waals surface area contributed by atoms with Crippen LogP contribution in [0.2, 0.25) is 0 Å². The fraction of sp³-hybridized carbons (Fsp3) is 0.895. The smallest absolute Gasteiger partial charge is 0.308 e. The van der Waals surface area contributed by atoms with E-state index in [0.29, 0.717) is 12.3 Å². The van der Waals surface area contributed by atoms with Gasteiger partial charge in [-0.05, 0) is 38.0 Å². The summed E-state index contributed by atoms with van der Waals surface area (Å²) < 4.78 is 17.8. The van der Waals surface area contributed by atoms with Crippen molar-refractivity contribution < 1.29 is 38.7 Å². The summed E-state index contributed by atoms with van der Waals surface area (Å²) in [4.78, 5) is 34.5. The highest BCUT2D eigenvalue weighted by atomic mass is 17.3. The van der Waals surface area contributed by atoms with E-state index in [2.05, 4.69) is 6.92 Å². The molecule has 5 fully saturated rings. The summed E-state index contributed by atoms with van der Waals surface area (Å²) in [5, 5.41) is 8.76. The Morgan fingerprint density at radius 1 is 1.11 bits per heavy atom. The molecule has 4 aliphatic heterocycles. The third-order valence-electron chi connectivity index (χ3n) is 6.89. The van der Waals surface area contributed by atoms with Crippen molar-refractivity contribution in [1.82, 2.24) is 0 Å². The van der Waals surface area contributed by atoms with Crippen molar-refractivity contribution in [2.75, 3.05) is 0 Å². The second-order valence-corrected chi connectivity index (χ2v) is 8.66. The topological polar surface area (TPSA) is 101 Å². The van der Waals surface area contributed by atoms with Gasteiger partial charge in [-0.1, -0.05) is 13.8 Å². The molecule has 0 radical (unpaired) electrons. The number of carboxylic acids is 1. The minimum atomic E-state index is -1.03. The number of rotatable bonds is 4. The maximum Gasteiger partial charge on any atom is 0.308 e. The van der Waals surface area contributed by atoms with E-state index < -0.39 is 35.9 Å². The molecule has 1 saturated carbocycles. The molecule has 5 aliphatic rings. The van der Waals surface area contributed by atoms with E-state index in [0.717, 1.165) is 19.3 Å². The molecule has 8 atom stereocenters. The van der Waals surface area contributed by atoms with Gasteiger partial charge in [0.1, 0.15) is 0 Å². The number of esters is 1. The lowest BCUT2D eigenvalue weighted by molar-refractivity contribution is -0.576. The minimum Gasteiger partial charge on any atom is -0.481 e. The van der Waals surface area contributed by atoms with Gasteiger partial charge in [0, 0.05) is 18.3 Å². The second kappa shape index (κ2) is 6.69. The number of carbonyl (C=O) groups excluding carboxylic acids is 1. The van der Waals surface area contributed by atoms with Gasteiger partial charge in [-0.3, -0.25) is 9.59 Å². The first-order chi connectivity index (χ1) is 12.7. The lowest BCUT2D eigenvalue weighted by Gasteiger charge is -2.59. The van der Waals surface area contributed by atoms with Crippen molar-refractivity contribution >= 4 is 11.9 Å². The number of ether oxygens (including phenoxy) is 3. The lowest BCUT2D eigenvalue weighted by Crippen LogP contribution is -2.70. The van der Waals surface area contributed by atoms with E-state index in [-0.39, 0.29) is 30.6 Å². The normalized spacial score (nSPS) is 48.4. The highest BCUT2D eigenvalue weighted by Crippen LogP contribution is 2.60. The summed E-state index contributed by atoms with van der Waals surface area (Å²) >= 11 is 0. The average molecular weight is 384 g/mol. The molecule has 4 heterocycles. The van der Waals surface area contributed by atoms with Gasteiger partial charge in [-0.25, -0.2) is 9.78 Å². The van der Waals surface area contributed by atoms with E-state index in [1.807, 2.05) is 13.8 Å². The van der Waals surface area contributed by atoms with Gasteiger partial charge in [0.25, 0.3) is 0 Å². The van der Waals surface area contributed by atoms with Crippen LogP contribution in [0.15, 0.2) is 0 Å². The van der Waals surface area contributed by atoms with E-state index in [4.69, 9.17) is 29.1 Å². The standard InChI is InChI=1S/C19H28O8/c1-10-4-5-13-11(2)16(23-15(22)7-6-14(20)21)24-17-19(13)12(10)8-9-18(3,25-17)26-27-19/h10-13,16-17H,4-9H2,1-3H3,(H,20,21)/t10-,11-,12+,13+,16-,17+,18+,19-/m1/s1. The van der Waals surface area contributed by atoms with Crippen LogP contribution >= 0.6 is 0 Å². The summed E-state index contributed by atoms with van der Waals surface area (Å²) in [7, 11) is 0. The van der Waals surface area contributed by atoms with Crippen LogP contribution in [0.5, 0.6) is 0 Å². The molecule has 1 N–H and O–H groups in total. The first-order valence-corrected chi connectivity index (χ1v) is 9.86. The monoisotopic (exact) mass is 384 g/mol. The van der Waals surface area contributed by atoms with Crippen LogP contribution in [-0.2, 0) is 33.6 Å². The summed E-state index contributed by atoms with van der Waals surface area (Å²) in [6.45, 7) is 6.06. The molecule has 8 heteroatoms. The summed E-state index contributed by atoms with van der Waals surface area (Å²) in [6.07, 6.45) is 1.72. The number of hydrogen-bond donors (Lipinski definition) is 1. The Kier molecular flexibility index (Phi) is 4.73. The largest absolute Gasteiger partial charge is 0.481 e. The molecule has 1 spiro atoms. The fourth-order valence-corrected chi connectivity index (χ4v) is 5.40. The van der Waals surface area contributed by atoms with Gasteiger partial charge >= 0.3 is 11.9 Å². The van der Waals surface area contributed by atoms with E-state index in [1.54, 1.807) is 0 Å². The highest BCUT2D eigenvalue weighted by molar-refractivity contribution is 5.76.